The van der Waals surface area contributed by atoms with Gasteiger partial charge in [0.1, 0.15) is 0 Å². The minimum Gasteiger partial charge on any atom is -0.312 e. The number of aryl methyl sites for hydroxylation is 1. The van der Waals surface area contributed by atoms with Crippen LogP contribution in [-0.4, -0.2) is 38.3 Å². The number of amides is 1. The summed E-state index contributed by atoms with van der Waals surface area (Å²) in [4.78, 5) is 15.1. The fraction of sp³-hybridized carbons (Fsp3) is 0.409. The van der Waals surface area contributed by atoms with Crippen LogP contribution in [0.3, 0.4) is 0 Å². The highest BCUT2D eigenvalue weighted by atomic mass is 35.5. The Morgan fingerprint density at radius 3 is 2.50 bits per heavy atom. The van der Waals surface area contributed by atoms with Crippen LogP contribution in [0.25, 0.3) is 0 Å². The van der Waals surface area contributed by atoms with Crippen LogP contribution in [0, 0.1) is 5.92 Å². The first kappa shape index (κ1) is 21.6. The van der Waals surface area contributed by atoms with Gasteiger partial charge < -0.3 is 4.90 Å². The number of carbonyl (C=O) groups is 1. The van der Waals surface area contributed by atoms with Crippen LogP contribution in [0.1, 0.15) is 30.4 Å². The van der Waals surface area contributed by atoms with Gasteiger partial charge in [-0.05, 0) is 55.0 Å². The van der Waals surface area contributed by atoms with Crippen molar-refractivity contribution in [2.24, 2.45) is 5.92 Å². The number of fused-ring (bicyclic) bond motifs is 1. The van der Waals surface area contributed by atoms with Crippen LogP contribution in [0.15, 0.2) is 42.5 Å². The molecule has 8 heteroatoms. The predicted octanol–water partition coefficient (Wildman–Crippen LogP) is 4.51. The standard InChI is InChI=1S/C22H24Cl2N2O3S/c23-19-8-7-18(20(24)14-19)15-30(28,29)25-12-9-17(10-13-25)22(27)26-11-3-5-16-4-1-2-6-21(16)26/h1-2,4,6-8,14,17H,3,5,9-13,15H2. The smallest absolute Gasteiger partial charge is 0.230 e. The monoisotopic (exact) mass is 466 g/mol. The molecule has 0 saturated carbocycles. The molecule has 30 heavy (non-hydrogen) atoms. The van der Waals surface area contributed by atoms with Crippen molar-refractivity contribution in [3.63, 3.8) is 0 Å². The predicted molar refractivity (Wildman–Crippen MR) is 120 cm³/mol. The lowest BCUT2D eigenvalue weighted by atomic mass is 9.94. The maximum Gasteiger partial charge on any atom is 0.230 e. The molecule has 2 heterocycles. The van der Waals surface area contributed by atoms with E-state index in [1.807, 2.05) is 23.1 Å². The summed E-state index contributed by atoms with van der Waals surface area (Å²) in [7, 11) is -3.51. The molecule has 2 aromatic carbocycles. The van der Waals surface area contributed by atoms with Crippen molar-refractivity contribution in [3.8, 4) is 0 Å². The summed E-state index contributed by atoms with van der Waals surface area (Å²) in [5.74, 6) is -0.206. The normalized spacial score (nSPS) is 18.3. The van der Waals surface area contributed by atoms with Crippen LogP contribution in [0.5, 0.6) is 0 Å². The topological polar surface area (TPSA) is 57.7 Å². The molecule has 4 rings (SSSR count). The Morgan fingerprint density at radius 2 is 1.77 bits per heavy atom. The van der Waals surface area contributed by atoms with Gasteiger partial charge in [-0.2, -0.15) is 0 Å². The molecule has 0 unspecified atom stereocenters. The molecule has 5 nitrogen and oxygen atoms in total. The van der Waals surface area contributed by atoms with Crippen LogP contribution in [0.4, 0.5) is 5.69 Å². The minimum atomic E-state index is -3.51. The summed E-state index contributed by atoms with van der Waals surface area (Å²) < 4.78 is 27.2. The van der Waals surface area contributed by atoms with Gasteiger partial charge in [-0.15, -0.1) is 0 Å². The molecule has 2 aliphatic heterocycles. The van der Waals surface area contributed by atoms with Gasteiger partial charge in [0.25, 0.3) is 0 Å². The molecule has 2 aliphatic rings. The van der Waals surface area contributed by atoms with E-state index in [1.54, 1.807) is 18.2 Å². The molecule has 0 bridgehead atoms. The van der Waals surface area contributed by atoms with Crippen molar-refractivity contribution >= 4 is 44.8 Å². The number of nitrogens with zero attached hydrogens (tertiary/aromatic N) is 2. The maximum atomic E-state index is 13.2. The van der Waals surface area contributed by atoms with Gasteiger partial charge in [-0.1, -0.05) is 47.5 Å². The zero-order valence-corrected chi connectivity index (χ0v) is 18.9. The Kier molecular flexibility index (Phi) is 6.39. The Hall–Kier alpha value is -1.60. The number of benzene rings is 2. The second-order valence-electron chi connectivity index (χ2n) is 7.89. The third kappa shape index (κ3) is 4.52. The Bertz CT molecular complexity index is 1050. The Labute approximate surface area is 187 Å². The number of halogens is 2. The molecule has 0 radical (unpaired) electrons. The zero-order chi connectivity index (χ0) is 21.3. The highest BCUT2D eigenvalue weighted by molar-refractivity contribution is 7.88. The van der Waals surface area contributed by atoms with Gasteiger partial charge in [-0.3, -0.25) is 4.79 Å². The molecule has 0 N–H and O–H groups in total. The van der Waals surface area contributed by atoms with Gasteiger partial charge in [0.05, 0.1) is 5.75 Å². The van der Waals surface area contributed by atoms with Crippen molar-refractivity contribution in [2.45, 2.75) is 31.4 Å². The van der Waals surface area contributed by atoms with Crippen molar-refractivity contribution in [1.82, 2.24) is 4.31 Å². The first-order chi connectivity index (χ1) is 14.3. The molecule has 0 aliphatic carbocycles. The zero-order valence-electron chi connectivity index (χ0n) is 16.6. The van der Waals surface area contributed by atoms with E-state index < -0.39 is 10.0 Å². The minimum absolute atomic E-state index is 0.111. The molecule has 0 spiro atoms. The third-order valence-electron chi connectivity index (χ3n) is 5.93. The fourth-order valence-corrected chi connectivity index (χ4v) is 6.44. The molecule has 1 amide bonds. The van der Waals surface area contributed by atoms with E-state index in [-0.39, 0.29) is 17.6 Å². The first-order valence-corrected chi connectivity index (χ1v) is 12.5. The number of anilines is 1. The molecule has 160 valence electrons. The summed E-state index contributed by atoms with van der Waals surface area (Å²) >= 11 is 12.0. The number of carbonyl (C=O) groups excluding carboxylic acids is 1. The number of hydrogen-bond donors (Lipinski definition) is 0. The molecular formula is C22H24Cl2N2O3S. The second kappa shape index (κ2) is 8.87. The van der Waals surface area contributed by atoms with Crippen molar-refractivity contribution in [1.29, 1.82) is 0 Å². The van der Waals surface area contributed by atoms with Crippen molar-refractivity contribution in [2.75, 3.05) is 24.5 Å². The van der Waals surface area contributed by atoms with Gasteiger partial charge in [0.15, 0.2) is 0 Å². The van der Waals surface area contributed by atoms with Crippen LogP contribution in [0.2, 0.25) is 10.0 Å². The van der Waals surface area contributed by atoms with Gasteiger partial charge in [0, 0.05) is 41.3 Å². The summed E-state index contributed by atoms with van der Waals surface area (Å²) in [6, 6.07) is 12.9. The largest absolute Gasteiger partial charge is 0.312 e. The number of sulfonamides is 1. The van der Waals surface area contributed by atoms with E-state index >= 15 is 0 Å². The van der Waals surface area contributed by atoms with Crippen LogP contribution >= 0.6 is 23.2 Å². The van der Waals surface area contributed by atoms with E-state index in [4.69, 9.17) is 23.2 Å². The Balaban J connectivity index is 1.41. The summed E-state index contributed by atoms with van der Waals surface area (Å²) in [5.41, 5.74) is 2.74. The SMILES string of the molecule is O=C(C1CCN(S(=O)(=O)Cc2ccc(Cl)cc2Cl)CC1)N1CCCc2ccccc21. The van der Waals surface area contributed by atoms with Gasteiger partial charge in [0.2, 0.25) is 15.9 Å². The number of piperidine rings is 1. The van der Waals surface area contributed by atoms with E-state index in [1.165, 1.54) is 9.87 Å². The van der Waals surface area contributed by atoms with E-state index in [0.29, 0.717) is 41.5 Å². The van der Waals surface area contributed by atoms with E-state index in [9.17, 15) is 13.2 Å². The number of rotatable bonds is 4. The second-order valence-corrected chi connectivity index (χ2v) is 10.7. The fourth-order valence-electron chi connectivity index (χ4n) is 4.29. The van der Waals surface area contributed by atoms with E-state index in [0.717, 1.165) is 25.1 Å². The van der Waals surface area contributed by atoms with Crippen molar-refractivity contribution < 1.29 is 13.2 Å². The van der Waals surface area contributed by atoms with Crippen LogP contribution < -0.4 is 4.90 Å². The lowest BCUT2D eigenvalue weighted by Gasteiger charge is -2.36. The summed E-state index contributed by atoms with van der Waals surface area (Å²) in [5, 5.41) is 0.819. The summed E-state index contributed by atoms with van der Waals surface area (Å²) in [6.45, 7) is 1.42. The number of hydrogen-bond acceptors (Lipinski definition) is 3. The van der Waals surface area contributed by atoms with Gasteiger partial charge in [-0.25, -0.2) is 12.7 Å². The molecule has 2 aromatic rings. The molecule has 0 aromatic heterocycles. The van der Waals surface area contributed by atoms with Gasteiger partial charge >= 0.3 is 0 Å². The van der Waals surface area contributed by atoms with Crippen LogP contribution in [-0.2, 0) is 27.0 Å². The van der Waals surface area contributed by atoms with Crippen molar-refractivity contribution in [3.05, 3.63) is 63.6 Å². The average molecular weight is 467 g/mol. The molecule has 0 atom stereocenters. The first-order valence-electron chi connectivity index (χ1n) is 10.2. The average Bonchev–Trinajstić information content (AvgIpc) is 2.75. The quantitative estimate of drug-likeness (QED) is 0.665. The lowest BCUT2D eigenvalue weighted by Crippen LogP contribution is -2.46. The maximum absolute atomic E-state index is 13.2. The highest BCUT2D eigenvalue weighted by Crippen LogP contribution is 2.31. The lowest BCUT2D eigenvalue weighted by molar-refractivity contribution is -0.123. The van der Waals surface area contributed by atoms with E-state index in [2.05, 4.69) is 6.07 Å². The molecular weight excluding hydrogens is 443 g/mol. The summed E-state index contributed by atoms with van der Waals surface area (Å²) in [6.07, 6.45) is 3.01. The molecule has 1 fully saturated rings. The Morgan fingerprint density at radius 1 is 1.03 bits per heavy atom. The molecule has 1 saturated heterocycles. The number of para-hydroxylation sites is 1. The highest BCUT2D eigenvalue weighted by Gasteiger charge is 2.34. The third-order valence-corrected chi connectivity index (χ3v) is 8.34.